The topological polar surface area (TPSA) is 55.1 Å². The molecule has 0 aliphatic heterocycles. The molecular weight excluding hydrogens is 221 g/mol. The van der Waals surface area contributed by atoms with E-state index in [1.807, 2.05) is 6.92 Å². The predicted octanol–water partition coefficient (Wildman–Crippen LogP) is 1.82. The van der Waals surface area contributed by atoms with E-state index < -0.39 is 12.6 Å². The SMILES string of the molecule is CC(CCN)CCC(=O)NCCC(F)(F)F. The van der Waals surface area contributed by atoms with Crippen molar-refractivity contribution in [2.45, 2.75) is 38.8 Å². The molecule has 0 bridgehead atoms. The minimum atomic E-state index is -4.21. The van der Waals surface area contributed by atoms with Gasteiger partial charge in [-0.05, 0) is 25.3 Å². The largest absolute Gasteiger partial charge is 0.390 e. The second kappa shape index (κ2) is 7.49. The fourth-order valence-electron chi connectivity index (χ4n) is 1.24. The van der Waals surface area contributed by atoms with Crippen molar-refractivity contribution in [1.29, 1.82) is 0 Å². The Kier molecular flexibility index (Phi) is 7.12. The smallest absolute Gasteiger partial charge is 0.356 e. The summed E-state index contributed by atoms with van der Waals surface area (Å²) in [5, 5.41) is 2.25. The summed E-state index contributed by atoms with van der Waals surface area (Å²) in [6.45, 7) is 2.19. The predicted molar refractivity (Wildman–Crippen MR) is 55.8 cm³/mol. The molecule has 6 heteroatoms. The first-order chi connectivity index (χ1) is 7.35. The lowest BCUT2D eigenvalue weighted by atomic mass is 10.0. The number of nitrogens with one attached hydrogen (secondary N) is 1. The second-order valence-corrected chi connectivity index (χ2v) is 3.94. The Bertz CT molecular complexity index is 207. The Hall–Kier alpha value is -0.780. The molecule has 1 atom stereocenters. The van der Waals surface area contributed by atoms with Gasteiger partial charge in [-0.25, -0.2) is 0 Å². The van der Waals surface area contributed by atoms with Crippen molar-refractivity contribution in [3.8, 4) is 0 Å². The van der Waals surface area contributed by atoms with E-state index in [0.29, 0.717) is 18.9 Å². The Labute approximate surface area is 93.6 Å². The third-order valence-electron chi connectivity index (χ3n) is 2.25. The third kappa shape index (κ3) is 9.76. The summed E-state index contributed by atoms with van der Waals surface area (Å²) in [6.07, 6.45) is -3.43. The minimum absolute atomic E-state index is 0.263. The molecule has 0 aliphatic carbocycles. The number of carbonyl (C=O) groups excluding carboxylic acids is 1. The number of nitrogens with two attached hydrogens (primary N) is 1. The molecule has 96 valence electrons. The van der Waals surface area contributed by atoms with Crippen LogP contribution in [-0.2, 0) is 4.79 Å². The Morgan fingerprint density at radius 1 is 1.38 bits per heavy atom. The summed E-state index contributed by atoms with van der Waals surface area (Å²) in [5.74, 6) is 0.00601. The lowest BCUT2D eigenvalue weighted by molar-refractivity contribution is -0.135. The zero-order valence-corrected chi connectivity index (χ0v) is 9.44. The number of alkyl halides is 3. The number of hydrogen-bond acceptors (Lipinski definition) is 2. The van der Waals surface area contributed by atoms with Gasteiger partial charge in [-0.3, -0.25) is 4.79 Å². The molecular formula is C10H19F3N2O. The Morgan fingerprint density at radius 3 is 2.50 bits per heavy atom. The first-order valence-corrected chi connectivity index (χ1v) is 5.38. The molecule has 3 nitrogen and oxygen atoms in total. The van der Waals surface area contributed by atoms with Gasteiger partial charge in [0.2, 0.25) is 5.91 Å². The molecule has 0 fully saturated rings. The van der Waals surface area contributed by atoms with Crippen LogP contribution in [0.2, 0.25) is 0 Å². The average molecular weight is 240 g/mol. The van der Waals surface area contributed by atoms with Crippen molar-refractivity contribution in [2.24, 2.45) is 11.7 Å². The molecule has 1 amide bonds. The van der Waals surface area contributed by atoms with Crippen LogP contribution >= 0.6 is 0 Å². The highest BCUT2D eigenvalue weighted by Crippen LogP contribution is 2.18. The highest BCUT2D eigenvalue weighted by atomic mass is 19.4. The van der Waals surface area contributed by atoms with Gasteiger partial charge in [-0.1, -0.05) is 6.92 Å². The zero-order chi connectivity index (χ0) is 12.6. The highest BCUT2D eigenvalue weighted by Gasteiger charge is 2.26. The van der Waals surface area contributed by atoms with Crippen molar-refractivity contribution in [1.82, 2.24) is 5.32 Å². The van der Waals surface area contributed by atoms with Gasteiger partial charge in [-0.2, -0.15) is 13.2 Å². The van der Waals surface area contributed by atoms with E-state index in [4.69, 9.17) is 5.73 Å². The summed E-state index contributed by atoms with van der Waals surface area (Å²) < 4.78 is 35.3. The number of halogens is 3. The van der Waals surface area contributed by atoms with Crippen molar-refractivity contribution in [3.05, 3.63) is 0 Å². The quantitative estimate of drug-likeness (QED) is 0.713. The monoisotopic (exact) mass is 240 g/mol. The maximum atomic E-state index is 11.8. The zero-order valence-electron chi connectivity index (χ0n) is 9.44. The molecule has 0 aromatic carbocycles. The van der Waals surface area contributed by atoms with Gasteiger partial charge >= 0.3 is 6.18 Å². The molecule has 0 heterocycles. The first kappa shape index (κ1) is 15.2. The van der Waals surface area contributed by atoms with Crippen molar-refractivity contribution in [3.63, 3.8) is 0 Å². The molecule has 0 aromatic heterocycles. The Balaban J connectivity index is 3.52. The van der Waals surface area contributed by atoms with Crippen LogP contribution < -0.4 is 11.1 Å². The third-order valence-corrected chi connectivity index (χ3v) is 2.25. The van der Waals surface area contributed by atoms with E-state index in [1.165, 1.54) is 0 Å². The van der Waals surface area contributed by atoms with Crippen LogP contribution in [0.1, 0.15) is 32.6 Å². The number of amides is 1. The van der Waals surface area contributed by atoms with E-state index >= 15 is 0 Å². The average Bonchev–Trinajstić information content (AvgIpc) is 2.13. The maximum absolute atomic E-state index is 11.8. The van der Waals surface area contributed by atoms with E-state index in [0.717, 1.165) is 6.42 Å². The van der Waals surface area contributed by atoms with Crippen LogP contribution in [0.15, 0.2) is 0 Å². The van der Waals surface area contributed by atoms with Gasteiger partial charge in [-0.15, -0.1) is 0 Å². The van der Waals surface area contributed by atoms with Crippen LogP contribution in [-0.4, -0.2) is 25.2 Å². The van der Waals surface area contributed by atoms with Gasteiger partial charge < -0.3 is 11.1 Å². The van der Waals surface area contributed by atoms with Crippen LogP contribution in [0.4, 0.5) is 13.2 Å². The minimum Gasteiger partial charge on any atom is -0.356 e. The van der Waals surface area contributed by atoms with Gasteiger partial charge in [0.25, 0.3) is 0 Å². The number of hydrogen-bond donors (Lipinski definition) is 2. The van der Waals surface area contributed by atoms with Gasteiger partial charge in [0, 0.05) is 13.0 Å². The van der Waals surface area contributed by atoms with Gasteiger partial charge in [0.05, 0.1) is 6.42 Å². The fraction of sp³-hybridized carbons (Fsp3) is 0.900. The molecule has 0 radical (unpaired) electrons. The first-order valence-electron chi connectivity index (χ1n) is 5.38. The van der Waals surface area contributed by atoms with Crippen LogP contribution in [0.25, 0.3) is 0 Å². The van der Waals surface area contributed by atoms with Crippen molar-refractivity contribution >= 4 is 5.91 Å². The maximum Gasteiger partial charge on any atom is 0.390 e. The summed E-state index contributed by atoms with van der Waals surface area (Å²) in [4.78, 5) is 11.1. The van der Waals surface area contributed by atoms with E-state index in [2.05, 4.69) is 5.32 Å². The van der Waals surface area contributed by atoms with Crippen LogP contribution in [0, 0.1) is 5.92 Å². The Morgan fingerprint density at radius 2 is 2.00 bits per heavy atom. The summed E-state index contributed by atoms with van der Waals surface area (Å²) in [5.41, 5.74) is 5.34. The summed E-state index contributed by atoms with van der Waals surface area (Å²) >= 11 is 0. The fourth-order valence-corrected chi connectivity index (χ4v) is 1.24. The van der Waals surface area contributed by atoms with Gasteiger partial charge in [0.15, 0.2) is 0 Å². The van der Waals surface area contributed by atoms with Crippen LogP contribution in [0.5, 0.6) is 0 Å². The molecule has 0 spiro atoms. The lowest BCUT2D eigenvalue weighted by Crippen LogP contribution is -2.28. The number of carbonyl (C=O) groups is 1. The number of rotatable bonds is 7. The molecule has 0 aromatic rings. The van der Waals surface area contributed by atoms with E-state index in [1.54, 1.807) is 0 Å². The van der Waals surface area contributed by atoms with Crippen molar-refractivity contribution < 1.29 is 18.0 Å². The lowest BCUT2D eigenvalue weighted by Gasteiger charge is -2.10. The normalized spacial score (nSPS) is 13.6. The molecule has 0 aliphatic rings. The van der Waals surface area contributed by atoms with Crippen LogP contribution in [0.3, 0.4) is 0 Å². The second-order valence-electron chi connectivity index (χ2n) is 3.94. The molecule has 0 saturated carbocycles. The van der Waals surface area contributed by atoms with E-state index in [-0.39, 0.29) is 18.9 Å². The summed E-state index contributed by atoms with van der Waals surface area (Å²) in [7, 11) is 0. The van der Waals surface area contributed by atoms with Crippen molar-refractivity contribution in [2.75, 3.05) is 13.1 Å². The van der Waals surface area contributed by atoms with E-state index in [9.17, 15) is 18.0 Å². The summed E-state index contributed by atoms with van der Waals surface area (Å²) in [6, 6.07) is 0. The van der Waals surface area contributed by atoms with Gasteiger partial charge in [0.1, 0.15) is 0 Å². The molecule has 0 saturated heterocycles. The standard InChI is InChI=1S/C10H19F3N2O/c1-8(4-6-14)2-3-9(16)15-7-5-10(11,12)13/h8H,2-7,14H2,1H3,(H,15,16). The molecule has 3 N–H and O–H groups in total. The highest BCUT2D eigenvalue weighted by molar-refractivity contribution is 5.75. The molecule has 16 heavy (non-hydrogen) atoms. The molecule has 0 rings (SSSR count). The molecule has 1 unspecified atom stereocenters.